The number of hydrogen-bond acceptors (Lipinski definition) is 6. The summed E-state index contributed by atoms with van der Waals surface area (Å²) >= 11 is 1.86. The maximum absolute atomic E-state index is 13.9. The lowest BCUT2D eigenvalue weighted by atomic mass is 9.96. The molecule has 2 aliphatic rings. The van der Waals surface area contributed by atoms with Crippen molar-refractivity contribution in [3.63, 3.8) is 0 Å². The van der Waals surface area contributed by atoms with Gasteiger partial charge in [-0.2, -0.15) is 0 Å². The van der Waals surface area contributed by atoms with Gasteiger partial charge in [-0.3, -0.25) is 4.79 Å². The van der Waals surface area contributed by atoms with Crippen LogP contribution >= 0.6 is 11.8 Å². The van der Waals surface area contributed by atoms with Gasteiger partial charge in [0.1, 0.15) is 12.1 Å². The Morgan fingerprint density at radius 1 is 1.18 bits per heavy atom. The molecule has 0 saturated carbocycles. The Bertz CT molecular complexity index is 981. The third-order valence-electron chi connectivity index (χ3n) is 6.09. The molecule has 3 heterocycles. The number of aromatic nitrogens is 2. The highest BCUT2D eigenvalue weighted by molar-refractivity contribution is 7.99. The van der Waals surface area contributed by atoms with E-state index in [-0.39, 0.29) is 19.4 Å². The van der Waals surface area contributed by atoms with Crippen molar-refractivity contribution < 1.29 is 13.6 Å². The van der Waals surface area contributed by atoms with Crippen LogP contribution in [0.5, 0.6) is 0 Å². The number of anilines is 1. The number of amides is 1. The number of nitrogens with zero attached hydrogens (tertiary/aromatic N) is 4. The van der Waals surface area contributed by atoms with E-state index in [1.54, 1.807) is 6.33 Å². The van der Waals surface area contributed by atoms with Crippen LogP contribution in [0, 0.1) is 11.6 Å². The van der Waals surface area contributed by atoms with E-state index in [9.17, 15) is 13.6 Å². The summed E-state index contributed by atoms with van der Waals surface area (Å²) in [6.45, 7) is 8.99. The van der Waals surface area contributed by atoms with Crippen molar-refractivity contribution in [3.05, 3.63) is 53.0 Å². The number of fused-ring (bicyclic) bond motifs is 1. The third-order valence-corrected chi connectivity index (χ3v) is 7.26. The van der Waals surface area contributed by atoms with Crippen LogP contribution in [0.4, 0.5) is 14.6 Å². The number of halogens is 2. The third kappa shape index (κ3) is 5.46. The maximum atomic E-state index is 13.9. The fraction of sp³-hybridized carbons (Fsp3) is 0.542. The molecular weight excluding hydrogens is 444 g/mol. The largest absolute Gasteiger partial charge is 0.353 e. The summed E-state index contributed by atoms with van der Waals surface area (Å²) in [7, 11) is 0. The molecule has 2 aromatic rings. The second-order valence-corrected chi connectivity index (χ2v) is 9.94. The molecule has 2 aliphatic heterocycles. The van der Waals surface area contributed by atoms with Crippen molar-refractivity contribution in [1.82, 2.24) is 20.2 Å². The fourth-order valence-electron chi connectivity index (χ4n) is 4.28. The van der Waals surface area contributed by atoms with Crippen LogP contribution in [0.1, 0.15) is 56.2 Å². The molecule has 0 radical (unpaired) electrons. The van der Waals surface area contributed by atoms with Gasteiger partial charge in [-0.25, -0.2) is 18.7 Å². The first-order valence-electron chi connectivity index (χ1n) is 11.0. The smallest absolute Gasteiger partial charge is 0.231 e. The normalized spacial score (nSPS) is 18.8. The van der Waals surface area contributed by atoms with E-state index >= 15 is 0 Å². The molecule has 1 fully saturated rings. The Morgan fingerprint density at radius 2 is 1.91 bits per heavy atom. The summed E-state index contributed by atoms with van der Waals surface area (Å²) in [5.74, 6) is -0.601. The summed E-state index contributed by atoms with van der Waals surface area (Å²) in [6.07, 6.45) is 1.63. The molecule has 1 aromatic heterocycles. The fourth-order valence-corrected chi connectivity index (χ4v) is 5.33. The Kier molecular flexibility index (Phi) is 8.28. The molecule has 1 aromatic carbocycles. The molecule has 180 valence electrons. The van der Waals surface area contributed by atoms with Crippen LogP contribution in [0.15, 0.2) is 24.5 Å². The van der Waals surface area contributed by atoms with Gasteiger partial charge in [0, 0.05) is 55.3 Å². The van der Waals surface area contributed by atoms with Crippen molar-refractivity contribution in [2.75, 3.05) is 37.6 Å². The molecule has 9 heteroatoms. The van der Waals surface area contributed by atoms with Crippen LogP contribution in [-0.4, -0.2) is 59.5 Å². The number of benzene rings is 1. The SMILES string of the molecule is C.CC(C)NCC(C(=O)N1CCN(c2ncnc3c2[C@H](C)SC3)CC1)c1ccc(F)c(F)c1. The Balaban J connectivity index is 0.00000306. The van der Waals surface area contributed by atoms with Gasteiger partial charge < -0.3 is 15.1 Å². The number of hydrogen-bond donors (Lipinski definition) is 1. The first-order chi connectivity index (χ1) is 15.3. The van der Waals surface area contributed by atoms with Gasteiger partial charge >= 0.3 is 0 Å². The molecule has 33 heavy (non-hydrogen) atoms. The van der Waals surface area contributed by atoms with Gasteiger partial charge in [-0.15, -0.1) is 11.8 Å². The minimum Gasteiger partial charge on any atom is -0.353 e. The van der Waals surface area contributed by atoms with Crippen molar-refractivity contribution in [2.24, 2.45) is 0 Å². The summed E-state index contributed by atoms with van der Waals surface area (Å²) in [5.41, 5.74) is 2.80. The molecule has 1 saturated heterocycles. The zero-order valence-corrected chi connectivity index (χ0v) is 19.5. The molecule has 1 amide bonds. The Labute approximate surface area is 199 Å². The molecule has 0 spiro atoms. The second-order valence-electron chi connectivity index (χ2n) is 8.61. The van der Waals surface area contributed by atoms with E-state index in [2.05, 4.69) is 27.1 Å². The van der Waals surface area contributed by atoms with Crippen molar-refractivity contribution in [3.8, 4) is 0 Å². The summed E-state index contributed by atoms with van der Waals surface area (Å²) in [5, 5.41) is 3.63. The highest BCUT2D eigenvalue weighted by atomic mass is 32.2. The van der Waals surface area contributed by atoms with E-state index < -0.39 is 17.6 Å². The molecule has 0 bridgehead atoms. The van der Waals surface area contributed by atoms with Gasteiger partial charge in [0.25, 0.3) is 0 Å². The van der Waals surface area contributed by atoms with Crippen LogP contribution in [0.3, 0.4) is 0 Å². The first-order valence-corrected chi connectivity index (χ1v) is 12.1. The maximum Gasteiger partial charge on any atom is 0.231 e. The standard InChI is InChI=1S/C23H29F2N5OS.CH4/c1-14(2)26-11-17(16-4-5-18(24)19(25)10-16)23(31)30-8-6-29(7-9-30)22-21-15(3)32-12-20(21)27-13-28-22;/h4-5,10,13-15,17,26H,6-9,11-12H2,1-3H3;1H4/t15-,17?;/m0./s1. The molecule has 2 atom stereocenters. The van der Waals surface area contributed by atoms with E-state index in [0.717, 1.165) is 29.4 Å². The number of thioether (sulfide) groups is 1. The van der Waals surface area contributed by atoms with Gasteiger partial charge in [0.15, 0.2) is 11.6 Å². The number of nitrogens with one attached hydrogen (secondary N) is 1. The first kappa shape index (κ1) is 25.4. The van der Waals surface area contributed by atoms with Crippen molar-refractivity contribution in [1.29, 1.82) is 0 Å². The quantitative estimate of drug-likeness (QED) is 0.675. The lowest BCUT2D eigenvalue weighted by Crippen LogP contribution is -2.51. The molecule has 1 unspecified atom stereocenters. The van der Waals surface area contributed by atoms with E-state index in [0.29, 0.717) is 43.5 Å². The van der Waals surface area contributed by atoms with E-state index in [1.165, 1.54) is 11.6 Å². The summed E-state index contributed by atoms with van der Waals surface area (Å²) in [6, 6.07) is 3.90. The van der Waals surface area contributed by atoms with Crippen LogP contribution in [0.2, 0.25) is 0 Å². The topological polar surface area (TPSA) is 61.4 Å². The second kappa shape index (κ2) is 10.8. The van der Waals surface area contributed by atoms with Crippen LogP contribution < -0.4 is 10.2 Å². The van der Waals surface area contributed by atoms with Crippen LogP contribution in [-0.2, 0) is 10.5 Å². The molecule has 6 nitrogen and oxygen atoms in total. The minimum absolute atomic E-state index is 0. The molecule has 0 aliphatic carbocycles. The monoisotopic (exact) mass is 477 g/mol. The van der Waals surface area contributed by atoms with Crippen molar-refractivity contribution in [2.45, 2.75) is 51.2 Å². The predicted octanol–water partition coefficient (Wildman–Crippen LogP) is 4.13. The average Bonchev–Trinajstić information content (AvgIpc) is 3.17. The minimum atomic E-state index is -0.931. The van der Waals surface area contributed by atoms with Gasteiger partial charge in [-0.05, 0) is 24.6 Å². The number of rotatable bonds is 6. The van der Waals surface area contributed by atoms with E-state index in [1.807, 2.05) is 30.5 Å². The Hall–Kier alpha value is -2.26. The lowest BCUT2D eigenvalue weighted by molar-refractivity contribution is -0.133. The molecule has 4 rings (SSSR count). The number of carbonyl (C=O) groups excluding carboxylic acids is 1. The van der Waals surface area contributed by atoms with Crippen molar-refractivity contribution >= 4 is 23.5 Å². The summed E-state index contributed by atoms with van der Waals surface area (Å²) in [4.78, 5) is 26.4. The average molecular weight is 478 g/mol. The van der Waals surface area contributed by atoms with Crippen LogP contribution in [0.25, 0.3) is 0 Å². The Morgan fingerprint density at radius 3 is 2.58 bits per heavy atom. The highest BCUT2D eigenvalue weighted by Gasteiger charge is 2.32. The van der Waals surface area contributed by atoms with Gasteiger partial charge in [0.05, 0.1) is 11.6 Å². The van der Waals surface area contributed by atoms with E-state index in [4.69, 9.17) is 0 Å². The summed E-state index contributed by atoms with van der Waals surface area (Å²) < 4.78 is 27.3. The zero-order valence-electron chi connectivity index (χ0n) is 18.6. The molecular formula is C24H33F2N5OS. The van der Waals surface area contributed by atoms with Gasteiger partial charge in [0.2, 0.25) is 5.91 Å². The van der Waals surface area contributed by atoms with Gasteiger partial charge in [-0.1, -0.05) is 27.3 Å². The lowest BCUT2D eigenvalue weighted by Gasteiger charge is -2.38. The highest BCUT2D eigenvalue weighted by Crippen LogP contribution is 2.44. The molecule has 1 N–H and O–H groups in total. The predicted molar refractivity (Wildman–Crippen MR) is 130 cm³/mol. The number of piperazine rings is 1. The number of carbonyl (C=O) groups is 1. The zero-order chi connectivity index (χ0) is 22.8.